The Morgan fingerprint density at radius 3 is 2.66 bits per heavy atom. The number of hydrogen-bond acceptors (Lipinski definition) is 4. The molecule has 1 spiro atoms. The predicted octanol–water partition coefficient (Wildman–Crippen LogP) is 5.88. The fourth-order valence-corrected chi connectivity index (χ4v) is 8.41. The molecule has 0 N–H and O–H groups in total. The number of carbonyl (C=O) groups excluding carboxylic acids is 1. The first-order valence-electron chi connectivity index (χ1n) is 11.8. The molecule has 6 rings (SSSR count). The molecule has 168 valence electrons. The van der Waals surface area contributed by atoms with Crippen molar-refractivity contribution in [2.45, 2.75) is 55.6 Å². The van der Waals surface area contributed by atoms with Crippen molar-refractivity contribution in [3.05, 3.63) is 65.2 Å². The lowest BCUT2D eigenvalue weighted by atomic mass is 9.55. The van der Waals surface area contributed by atoms with Crippen molar-refractivity contribution in [2.75, 3.05) is 13.2 Å². The van der Waals surface area contributed by atoms with Gasteiger partial charge in [0.2, 0.25) is 0 Å². The van der Waals surface area contributed by atoms with Crippen LogP contribution in [-0.4, -0.2) is 29.8 Å². The summed E-state index contributed by atoms with van der Waals surface area (Å²) in [6.45, 7) is 3.81. The average Bonchev–Trinajstić information content (AvgIpc) is 3.40. The summed E-state index contributed by atoms with van der Waals surface area (Å²) in [7, 11) is 0. The zero-order valence-corrected chi connectivity index (χ0v) is 20.0. The Hall–Kier alpha value is -1.69. The summed E-state index contributed by atoms with van der Waals surface area (Å²) in [5.74, 6) is 1.68. The number of aryl methyl sites for hydroxylation is 1. The smallest absolute Gasteiger partial charge is 0.343 e. The van der Waals surface area contributed by atoms with E-state index in [1.807, 2.05) is 24.3 Å². The maximum Gasteiger partial charge on any atom is 0.343 e. The number of alkyl halides is 1. The molecule has 4 aliphatic rings. The van der Waals surface area contributed by atoms with Crippen LogP contribution < -0.4 is 4.74 Å². The van der Waals surface area contributed by atoms with E-state index in [1.165, 1.54) is 17.5 Å². The van der Waals surface area contributed by atoms with Crippen molar-refractivity contribution in [1.82, 2.24) is 0 Å². The van der Waals surface area contributed by atoms with Crippen molar-refractivity contribution in [3.8, 4) is 5.75 Å². The quantitative estimate of drug-likeness (QED) is 0.296. The highest BCUT2D eigenvalue weighted by molar-refractivity contribution is 9.09. The van der Waals surface area contributed by atoms with Gasteiger partial charge >= 0.3 is 5.97 Å². The van der Waals surface area contributed by atoms with Crippen LogP contribution in [0.1, 0.15) is 60.0 Å². The number of rotatable bonds is 2. The summed E-state index contributed by atoms with van der Waals surface area (Å²) < 4.78 is 18.3. The van der Waals surface area contributed by atoms with E-state index in [0.717, 1.165) is 25.7 Å². The van der Waals surface area contributed by atoms with Gasteiger partial charge in [-0.3, -0.25) is 0 Å². The van der Waals surface area contributed by atoms with E-state index in [4.69, 9.17) is 14.2 Å². The molecule has 5 unspecified atom stereocenters. The SMILES string of the molecule is CC12CCC3c4ccc(OC(=O)c5ccccc5)cc4CCC3C1CC(Br)C21OCCO1. The van der Waals surface area contributed by atoms with Crippen molar-refractivity contribution >= 4 is 21.9 Å². The van der Waals surface area contributed by atoms with E-state index in [1.54, 1.807) is 12.1 Å². The highest BCUT2D eigenvalue weighted by atomic mass is 79.9. The lowest BCUT2D eigenvalue weighted by Gasteiger charge is -2.52. The van der Waals surface area contributed by atoms with E-state index in [9.17, 15) is 4.79 Å². The summed E-state index contributed by atoms with van der Waals surface area (Å²) in [6, 6.07) is 15.5. The molecule has 0 amide bonds. The fraction of sp³-hybridized carbons (Fsp3) is 0.519. The summed E-state index contributed by atoms with van der Waals surface area (Å²) >= 11 is 3.95. The van der Waals surface area contributed by atoms with Crippen molar-refractivity contribution < 1.29 is 19.0 Å². The zero-order valence-electron chi connectivity index (χ0n) is 18.4. The van der Waals surface area contributed by atoms with Crippen LogP contribution in [0.25, 0.3) is 0 Å². The van der Waals surface area contributed by atoms with Crippen LogP contribution in [0, 0.1) is 17.3 Å². The van der Waals surface area contributed by atoms with Crippen LogP contribution in [0.5, 0.6) is 5.75 Å². The molecule has 0 aromatic heterocycles. The second kappa shape index (κ2) is 7.68. The first kappa shape index (κ1) is 20.9. The average molecular weight is 497 g/mol. The van der Waals surface area contributed by atoms with E-state index in [-0.39, 0.29) is 16.2 Å². The lowest BCUT2D eigenvalue weighted by Crippen LogP contribution is -2.53. The van der Waals surface area contributed by atoms with Crippen LogP contribution in [0.3, 0.4) is 0 Å². The number of fused-ring (bicyclic) bond motifs is 6. The summed E-state index contributed by atoms with van der Waals surface area (Å²) in [5, 5.41) is 0. The van der Waals surface area contributed by atoms with Gasteiger partial charge in [-0.2, -0.15) is 0 Å². The topological polar surface area (TPSA) is 44.8 Å². The maximum atomic E-state index is 12.5. The molecule has 1 heterocycles. The van der Waals surface area contributed by atoms with Crippen LogP contribution in [0.4, 0.5) is 0 Å². The van der Waals surface area contributed by atoms with Gasteiger partial charge in [-0.1, -0.05) is 47.1 Å². The van der Waals surface area contributed by atoms with Gasteiger partial charge in [0.1, 0.15) is 5.75 Å². The number of hydrogen-bond donors (Lipinski definition) is 0. The van der Waals surface area contributed by atoms with Gasteiger partial charge in [0.05, 0.1) is 23.6 Å². The number of esters is 1. The van der Waals surface area contributed by atoms with E-state index < -0.39 is 5.79 Å². The molecule has 2 saturated carbocycles. The normalized spacial score (nSPS) is 34.6. The van der Waals surface area contributed by atoms with Gasteiger partial charge in [-0.15, -0.1) is 0 Å². The minimum Gasteiger partial charge on any atom is -0.423 e. The Bertz CT molecular complexity index is 1030. The van der Waals surface area contributed by atoms with Crippen molar-refractivity contribution in [2.24, 2.45) is 17.3 Å². The second-order valence-electron chi connectivity index (χ2n) is 10.1. The van der Waals surface area contributed by atoms with Crippen LogP contribution >= 0.6 is 15.9 Å². The fourth-order valence-electron chi connectivity index (χ4n) is 7.22. The van der Waals surface area contributed by atoms with Crippen molar-refractivity contribution in [3.63, 3.8) is 0 Å². The third-order valence-electron chi connectivity index (χ3n) is 8.69. The van der Waals surface area contributed by atoms with E-state index in [0.29, 0.717) is 42.3 Å². The van der Waals surface area contributed by atoms with Crippen molar-refractivity contribution in [1.29, 1.82) is 0 Å². The largest absolute Gasteiger partial charge is 0.423 e. The molecule has 4 nitrogen and oxygen atoms in total. The molecule has 5 atom stereocenters. The first-order valence-corrected chi connectivity index (χ1v) is 12.8. The van der Waals surface area contributed by atoms with Gasteiger partial charge in [0.25, 0.3) is 0 Å². The summed E-state index contributed by atoms with van der Waals surface area (Å²) in [6.07, 6.45) is 5.58. The predicted molar refractivity (Wildman–Crippen MR) is 125 cm³/mol. The molecular formula is C27H29BrO4. The molecule has 32 heavy (non-hydrogen) atoms. The number of carbonyl (C=O) groups is 1. The highest BCUT2D eigenvalue weighted by Crippen LogP contribution is 2.67. The van der Waals surface area contributed by atoms with Crippen LogP contribution in [0.15, 0.2) is 48.5 Å². The minimum absolute atomic E-state index is 0.0570. The summed E-state index contributed by atoms with van der Waals surface area (Å²) in [5.41, 5.74) is 3.42. The molecule has 1 saturated heterocycles. The third kappa shape index (κ3) is 2.97. The molecule has 3 fully saturated rings. The Morgan fingerprint density at radius 2 is 1.88 bits per heavy atom. The Balaban J connectivity index is 1.25. The third-order valence-corrected chi connectivity index (χ3v) is 9.67. The Morgan fingerprint density at radius 1 is 1.09 bits per heavy atom. The Labute approximate surface area is 197 Å². The highest BCUT2D eigenvalue weighted by Gasteiger charge is 2.68. The lowest BCUT2D eigenvalue weighted by molar-refractivity contribution is -0.233. The van der Waals surface area contributed by atoms with Crippen LogP contribution in [-0.2, 0) is 15.9 Å². The van der Waals surface area contributed by atoms with Crippen LogP contribution in [0.2, 0.25) is 0 Å². The minimum atomic E-state index is -0.460. The zero-order chi connectivity index (χ0) is 21.9. The maximum absolute atomic E-state index is 12.5. The number of ether oxygens (including phenoxy) is 3. The first-order chi connectivity index (χ1) is 15.5. The molecule has 3 aliphatic carbocycles. The number of benzene rings is 2. The molecule has 1 aliphatic heterocycles. The molecular weight excluding hydrogens is 468 g/mol. The molecule has 5 heteroatoms. The Kier molecular flexibility index (Phi) is 5.01. The molecule has 2 aromatic rings. The molecule has 0 bridgehead atoms. The molecule has 2 aromatic carbocycles. The van der Waals surface area contributed by atoms with Gasteiger partial charge in [-0.05, 0) is 85.3 Å². The van der Waals surface area contributed by atoms with Gasteiger partial charge < -0.3 is 14.2 Å². The van der Waals surface area contributed by atoms with Gasteiger partial charge in [0.15, 0.2) is 5.79 Å². The van der Waals surface area contributed by atoms with E-state index in [2.05, 4.69) is 35.0 Å². The monoisotopic (exact) mass is 496 g/mol. The standard InChI is InChI=1S/C27H29BrO4/c1-26-12-11-21-20-10-8-19(32-25(29)17-5-3-2-4-6-17)15-18(20)7-9-22(21)23(26)16-24(28)27(26)30-13-14-31-27/h2-6,8,10,15,21-24H,7,9,11-14,16H2,1H3. The summed E-state index contributed by atoms with van der Waals surface area (Å²) in [4.78, 5) is 12.7. The second-order valence-corrected chi connectivity index (χ2v) is 11.2. The van der Waals surface area contributed by atoms with Gasteiger partial charge in [0, 0.05) is 5.41 Å². The molecule has 0 radical (unpaired) electrons. The van der Waals surface area contributed by atoms with E-state index >= 15 is 0 Å². The number of halogens is 1. The van der Waals surface area contributed by atoms with Gasteiger partial charge in [-0.25, -0.2) is 4.79 Å².